The molecule has 3 N–H and O–H groups in total. The number of anilines is 2. The average Bonchev–Trinajstić information content (AvgIpc) is 3.74. The Morgan fingerprint density at radius 1 is 1.02 bits per heavy atom. The van der Waals surface area contributed by atoms with Gasteiger partial charge in [0.05, 0.1) is 53.8 Å². The fraction of sp³-hybridized carbons (Fsp3) is 0.386. The summed E-state index contributed by atoms with van der Waals surface area (Å²) in [6.45, 7) is 4.95. The minimum absolute atomic E-state index is 0.0989. The number of nitro groups is 1. The van der Waals surface area contributed by atoms with E-state index in [4.69, 9.17) is 25.8 Å². The number of carbonyl (C=O) groups is 1. The van der Waals surface area contributed by atoms with Gasteiger partial charge in [0.1, 0.15) is 22.8 Å². The van der Waals surface area contributed by atoms with Gasteiger partial charge in [0.2, 0.25) is 0 Å². The molecule has 1 spiro atoms. The SMILES string of the molecule is O=C(NS(=O)(=O)c1ccc(NCC2COCCO2)c([N+](=O)[O-])c1)c1cc(N2CCN(CC3=C(c4ccc(Cl)cc4)CC4(CCC4)CC3)CC2)c(Oc2cnc3[nH]ccc3c2)cn1. The lowest BCUT2D eigenvalue weighted by molar-refractivity contribution is -0.384. The summed E-state index contributed by atoms with van der Waals surface area (Å²) in [5.41, 5.74) is 5.29. The number of fused-ring (bicyclic) bond motifs is 1. The van der Waals surface area contributed by atoms with Gasteiger partial charge in [0.15, 0.2) is 5.75 Å². The molecule has 18 heteroatoms. The molecule has 2 aliphatic heterocycles. The number of aromatic nitrogens is 3. The maximum Gasteiger partial charge on any atom is 0.293 e. The topological polar surface area (TPSA) is 194 Å². The lowest BCUT2D eigenvalue weighted by atomic mass is 9.59. The Kier molecular flexibility index (Phi) is 11.9. The number of sulfonamides is 1. The van der Waals surface area contributed by atoms with Crippen molar-refractivity contribution in [1.82, 2.24) is 24.6 Å². The molecule has 324 valence electrons. The molecule has 5 heterocycles. The lowest BCUT2D eigenvalue weighted by Crippen LogP contribution is -2.47. The number of H-pyrrole nitrogens is 1. The van der Waals surface area contributed by atoms with E-state index in [-0.39, 0.29) is 24.0 Å². The molecule has 4 aliphatic rings. The van der Waals surface area contributed by atoms with Crippen molar-refractivity contribution in [2.75, 3.05) is 69.3 Å². The summed E-state index contributed by atoms with van der Waals surface area (Å²) >= 11 is 6.28. The Bertz CT molecular complexity index is 2620. The summed E-state index contributed by atoms with van der Waals surface area (Å²) in [6, 6.07) is 16.9. The predicted octanol–water partition coefficient (Wildman–Crippen LogP) is 7.19. The number of pyridine rings is 2. The van der Waals surface area contributed by atoms with Crippen LogP contribution in [0.2, 0.25) is 5.02 Å². The second-order valence-corrected chi connectivity index (χ2v) is 18.5. The molecule has 3 aromatic heterocycles. The average molecular weight is 883 g/mol. The van der Waals surface area contributed by atoms with Crippen LogP contribution < -0.4 is 19.7 Å². The number of halogens is 1. The molecule has 5 aromatic rings. The highest BCUT2D eigenvalue weighted by atomic mass is 35.5. The van der Waals surface area contributed by atoms with Gasteiger partial charge in [-0.3, -0.25) is 19.8 Å². The van der Waals surface area contributed by atoms with Crippen molar-refractivity contribution in [1.29, 1.82) is 0 Å². The number of aromatic amines is 1. The fourth-order valence-electron chi connectivity index (χ4n) is 8.88. The highest BCUT2D eigenvalue weighted by Crippen LogP contribution is 2.55. The van der Waals surface area contributed by atoms with Crippen molar-refractivity contribution in [3.05, 3.63) is 111 Å². The number of carbonyl (C=O) groups excluding carboxylic acids is 1. The van der Waals surface area contributed by atoms with Gasteiger partial charge in [0, 0.05) is 61.9 Å². The molecule has 9 rings (SSSR count). The Labute approximate surface area is 363 Å². The molecule has 2 saturated heterocycles. The number of nitro benzene ring substituents is 1. The molecule has 0 bridgehead atoms. The Morgan fingerprint density at radius 3 is 2.58 bits per heavy atom. The smallest absolute Gasteiger partial charge is 0.293 e. The van der Waals surface area contributed by atoms with Gasteiger partial charge >= 0.3 is 0 Å². The van der Waals surface area contributed by atoms with Crippen LogP contribution in [0.4, 0.5) is 17.1 Å². The minimum Gasteiger partial charge on any atom is -0.452 e. The third-order valence-electron chi connectivity index (χ3n) is 12.5. The van der Waals surface area contributed by atoms with E-state index < -0.39 is 31.4 Å². The molecular formula is C44H47ClN8O8S. The van der Waals surface area contributed by atoms with Crippen LogP contribution in [0.15, 0.2) is 89.7 Å². The zero-order chi connectivity index (χ0) is 42.8. The maximum atomic E-state index is 13.7. The minimum atomic E-state index is -4.57. The van der Waals surface area contributed by atoms with E-state index in [0.717, 1.165) is 49.0 Å². The number of nitrogens with zero attached hydrogens (tertiary/aromatic N) is 5. The van der Waals surface area contributed by atoms with E-state index in [1.54, 1.807) is 12.4 Å². The third kappa shape index (κ3) is 9.13. The highest BCUT2D eigenvalue weighted by molar-refractivity contribution is 7.90. The number of nitrogens with one attached hydrogen (secondary N) is 3. The molecule has 3 fully saturated rings. The molecule has 16 nitrogen and oxygen atoms in total. The molecule has 0 radical (unpaired) electrons. The van der Waals surface area contributed by atoms with Crippen LogP contribution in [0.25, 0.3) is 16.6 Å². The first-order chi connectivity index (χ1) is 30.0. The maximum absolute atomic E-state index is 13.7. The first-order valence-corrected chi connectivity index (χ1v) is 22.7. The van der Waals surface area contributed by atoms with Crippen LogP contribution in [0.5, 0.6) is 11.5 Å². The van der Waals surface area contributed by atoms with E-state index in [1.807, 2.05) is 24.3 Å². The van der Waals surface area contributed by atoms with Crippen molar-refractivity contribution < 1.29 is 32.3 Å². The summed E-state index contributed by atoms with van der Waals surface area (Å²) in [4.78, 5) is 41.0. The van der Waals surface area contributed by atoms with Crippen LogP contribution in [0.3, 0.4) is 0 Å². The molecule has 2 aromatic carbocycles. The Hall–Kier alpha value is -5.59. The summed E-state index contributed by atoms with van der Waals surface area (Å²) in [5, 5.41) is 16.5. The zero-order valence-corrected chi connectivity index (χ0v) is 35.6. The zero-order valence-electron chi connectivity index (χ0n) is 34.0. The van der Waals surface area contributed by atoms with Crippen LogP contribution in [-0.2, 0) is 19.5 Å². The van der Waals surface area contributed by atoms with Crippen LogP contribution >= 0.6 is 11.6 Å². The standard InChI is InChI=1S/C44H47ClN8O8S/c45-32-4-2-29(3-5-32)36-23-44(10-1-11-44)12-8-31(36)27-51-14-16-52(17-15-51)40-22-38(48-26-41(40)61-33-20-30-9-13-46-42(30)49-24-33)43(54)50-62(57,58)35-6-7-37(39(21-35)53(55)56)47-25-34-28-59-18-19-60-34/h2-7,9,13,20-22,24,26,34,47H,1,8,10-12,14-19,23,25,27-28H2,(H,46,49)(H,50,54). The molecule has 1 atom stereocenters. The lowest BCUT2D eigenvalue weighted by Gasteiger charge is -2.47. The molecule has 1 saturated carbocycles. The number of allylic oxidation sites excluding steroid dienone is 1. The Balaban J connectivity index is 0.936. The van der Waals surface area contributed by atoms with Gasteiger partial charge in [-0.25, -0.2) is 23.1 Å². The van der Waals surface area contributed by atoms with Gasteiger partial charge < -0.3 is 29.4 Å². The normalized spacial score (nSPS) is 19.3. The van der Waals surface area contributed by atoms with E-state index >= 15 is 0 Å². The largest absolute Gasteiger partial charge is 0.452 e. The van der Waals surface area contributed by atoms with Gasteiger partial charge in [-0.15, -0.1) is 0 Å². The molecule has 1 amide bonds. The number of hydrogen-bond donors (Lipinski definition) is 3. The first kappa shape index (κ1) is 41.7. The summed E-state index contributed by atoms with van der Waals surface area (Å²) in [6.07, 6.45) is 11.7. The van der Waals surface area contributed by atoms with Gasteiger partial charge in [-0.2, -0.15) is 0 Å². The summed E-state index contributed by atoms with van der Waals surface area (Å²) in [7, 11) is -4.57. The molecule has 1 unspecified atom stereocenters. The highest BCUT2D eigenvalue weighted by Gasteiger charge is 2.41. The molecular weight excluding hydrogens is 836 g/mol. The third-order valence-corrected chi connectivity index (χ3v) is 14.0. The van der Waals surface area contributed by atoms with Crippen LogP contribution in [0, 0.1) is 15.5 Å². The van der Waals surface area contributed by atoms with E-state index in [2.05, 4.69) is 46.9 Å². The van der Waals surface area contributed by atoms with Crippen molar-refractivity contribution >= 4 is 61.2 Å². The second kappa shape index (κ2) is 17.6. The number of piperazine rings is 1. The molecule has 62 heavy (non-hydrogen) atoms. The number of ether oxygens (including phenoxy) is 3. The van der Waals surface area contributed by atoms with Crippen molar-refractivity contribution in [3.8, 4) is 11.5 Å². The Morgan fingerprint density at radius 2 is 1.84 bits per heavy atom. The number of rotatable bonds is 13. The van der Waals surface area contributed by atoms with Crippen molar-refractivity contribution in [2.24, 2.45) is 5.41 Å². The first-order valence-electron chi connectivity index (χ1n) is 20.8. The monoisotopic (exact) mass is 882 g/mol. The number of hydrogen-bond acceptors (Lipinski definition) is 13. The van der Waals surface area contributed by atoms with E-state index in [1.165, 1.54) is 66.8 Å². The van der Waals surface area contributed by atoms with Crippen LogP contribution in [0.1, 0.15) is 54.6 Å². The van der Waals surface area contributed by atoms with Crippen LogP contribution in [-0.4, -0.2) is 104 Å². The quantitative estimate of drug-likeness (QED) is 0.0796. The predicted molar refractivity (Wildman–Crippen MR) is 234 cm³/mol. The summed E-state index contributed by atoms with van der Waals surface area (Å²) in [5.74, 6) is -0.181. The van der Waals surface area contributed by atoms with Crippen molar-refractivity contribution in [3.63, 3.8) is 0 Å². The van der Waals surface area contributed by atoms with E-state index in [9.17, 15) is 23.3 Å². The summed E-state index contributed by atoms with van der Waals surface area (Å²) < 4.78 is 46.5. The number of benzene rings is 2. The van der Waals surface area contributed by atoms with E-state index in [0.29, 0.717) is 61.2 Å². The molecule has 2 aliphatic carbocycles. The second-order valence-electron chi connectivity index (χ2n) is 16.4. The van der Waals surface area contributed by atoms with Gasteiger partial charge in [-0.05, 0) is 91.1 Å². The number of amides is 1. The van der Waals surface area contributed by atoms with Crippen molar-refractivity contribution in [2.45, 2.75) is 49.5 Å². The van der Waals surface area contributed by atoms with Gasteiger partial charge in [0.25, 0.3) is 21.6 Å². The van der Waals surface area contributed by atoms with Gasteiger partial charge in [-0.1, -0.05) is 35.7 Å². The fourth-order valence-corrected chi connectivity index (χ4v) is 9.99.